The van der Waals surface area contributed by atoms with E-state index in [1.54, 1.807) is 0 Å². The number of nitrogens with zero attached hydrogens (tertiary/aromatic N) is 2. The Morgan fingerprint density at radius 2 is 1.93 bits per heavy atom. The number of rotatable bonds is 5. The SMILES string of the molecule is CCC(N)CN(C)C1CCN(CC)CC1. The van der Waals surface area contributed by atoms with E-state index in [4.69, 9.17) is 5.73 Å². The van der Waals surface area contributed by atoms with Gasteiger partial charge >= 0.3 is 0 Å². The molecule has 1 saturated heterocycles. The molecule has 15 heavy (non-hydrogen) atoms. The van der Waals surface area contributed by atoms with Gasteiger partial charge in [-0.2, -0.15) is 0 Å². The normalized spacial score (nSPS) is 22.2. The van der Waals surface area contributed by atoms with E-state index < -0.39 is 0 Å². The van der Waals surface area contributed by atoms with Gasteiger partial charge in [-0.3, -0.25) is 0 Å². The second-order valence-electron chi connectivity index (χ2n) is 4.77. The summed E-state index contributed by atoms with van der Waals surface area (Å²) in [7, 11) is 2.22. The van der Waals surface area contributed by atoms with Crippen LogP contribution in [-0.2, 0) is 0 Å². The van der Waals surface area contributed by atoms with Crippen LogP contribution in [-0.4, -0.2) is 55.1 Å². The van der Waals surface area contributed by atoms with Gasteiger partial charge in [-0.15, -0.1) is 0 Å². The van der Waals surface area contributed by atoms with Crippen LogP contribution in [0.25, 0.3) is 0 Å². The Balaban J connectivity index is 2.26. The first-order chi connectivity index (χ1) is 7.17. The minimum Gasteiger partial charge on any atom is -0.327 e. The third-order valence-corrected chi connectivity index (χ3v) is 3.67. The lowest BCUT2D eigenvalue weighted by atomic mass is 10.0. The molecule has 0 saturated carbocycles. The molecule has 0 aromatic rings. The van der Waals surface area contributed by atoms with Crippen molar-refractivity contribution in [3.8, 4) is 0 Å². The maximum absolute atomic E-state index is 5.98. The molecule has 1 heterocycles. The zero-order chi connectivity index (χ0) is 11.3. The minimum atomic E-state index is 0.346. The van der Waals surface area contributed by atoms with E-state index >= 15 is 0 Å². The summed E-state index contributed by atoms with van der Waals surface area (Å²) in [5.74, 6) is 0. The molecule has 3 heteroatoms. The first-order valence-corrected chi connectivity index (χ1v) is 6.35. The zero-order valence-electron chi connectivity index (χ0n) is 10.6. The molecule has 0 amide bonds. The summed E-state index contributed by atoms with van der Waals surface area (Å²) in [6.07, 6.45) is 3.69. The fourth-order valence-electron chi connectivity index (χ4n) is 2.32. The summed E-state index contributed by atoms with van der Waals surface area (Å²) in [5.41, 5.74) is 5.98. The molecule has 2 N–H and O–H groups in total. The van der Waals surface area contributed by atoms with Gasteiger partial charge in [-0.25, -0.2) is 0 Å². The highest BCUT2D eigenvalue weighted by Gasteiger charge is 2.22. The zero-order valence-corrected chi connectivity index (χ0v) is 10.6. The Bertz CT molecular complexity index is 164. The summed E-state index contributed by atoms with van der Waals surface area (Å²) in [5, 5.41) is 0. The molecule has 1 aliphatic heterocycles. The molecule has 0 spiro atoms. The fraction of sp³-hybridized carbons (Fsp3) is 1.00. The Morgan fingerprint density at radius 1 is 1.33 bits per heavy atom. The van der Waals surface area contributed by atoms with Crippen LogP contribution in [0.2, 0.25) is 0 Å². The predicted molar refractivity (Wildman–Crippen MR) is 66.0 cm³/mol. The van der Waals surface area contributed by atoms with E-state index in [9.17, 15) is 0 Å². The first-order valence-electron chi connectivity index (χ1n) is 6.35. The van der Waals surface area contributed by atoms with Crippen molar-refractivity contribution in [1.82, 2.24) is 9.80 Å². The second-order valence-corrected chi connectivity index (χ2v) is 4.77. The predicted octanol–water partition coefficient (Wildman–Crippen LogP) is 1.14. The lowest BCUT2D eigenvalue weighted by Crippen LogP contribution is -2.46. The van der Waals surface area contributed by atoms with E-state index in [1.807, 2.05) is 0 Å². The van der Waals surface area contributed by atoms with E-state index in [-0.39, 0.29) is 0 Å². The summed E-state index contributed by atoms with van der Waals surface area (Å²) < 4.78 is 0. The van der Waals surface area contributed by atoms with E-state index in [0.717, 1.165) is 19.0 Å². The standard InChI is InChI=1S/C12H27N3/c1-4-11(13)10-14(3)12-6-8-15(5-2)9-7-12/h11-12H,4-10,13H2,1-3H3. The van der Waals surface area contributed by atoms with Gasteiger partial charge in [0, 0.05) is 18.6 Å². The van der Waals surface area contributed by atoms with Gasteiger partial charge in [0.1, 0.15) is 0 Å². The number of likely N-dealkylation sites (N-methyl/N-ethyl adjacent to an activating group) is 1. The fourth-order valence-corrected chi connectivity index (χ4v) is 2.32. The maximum atomic E-state index is 5.98. The number of nitrogens with two attached hydrogens (primary N) is 1. The van der Waals surface area contributed by atoms with Gasteiger partial charge in [-0.1, -0.05) is 13.8 Å². The summed E-state index contributed by atoms with van der Waals surface area (Å²) in [6.45, 7) is 9.17. The first kappa shape index (κ1) is 12.9. The highest BCUT2D eigenvalue weighted by atomic mass is 15.2. The highest BCUT2D eigenvalue weighted by molar-refractivity contribution is 4.79. The van der Waals surface area contributed by atoms with Gasteiger partial charge in [0.05, 0.1) is 0 Å². The third-order valence-electron chi connectivity index (χ3n) is 3.67. The van der Waals surface area contributed by atoms with Crippen LogP contribution < -0.4 is 5.73 Å². The molecular weight excluding hydrogens is 186 g/mol. The molecule has 0 bridgehead atoms. The molecule has 1 aliphatic rings. The Kier molecular flexibility index (Phi) is 5.58. The van der Waals surface area contributed by atoms with Gasteiger partial charge in [0.2, 0.25) is 0 Å². The average Bonchev–Trinajstić information content (AvgIpc) is 2.29. The maximum Gasteiger partial charge on any atom is 0.0165 e. The van der Waals surface area contributed by atoms with Crippen molar-refractivity contribution < 1.29 is 0 Å². The highest BCUT2D eigenvalue weighted by Crippen LogP contribution is 2.15. The van der Waals surface area contributed by atoms with Gasteiger partial charge < -0.3 is 15.5 Å². The molecule has 0 aromatic carbocycles. The van der Waals surface area contributed by atoms with Crippen LogP contribution in [0, 0.1) is 0 Å². The smallest absolute Gasteiger partial charge is 0.0165 e. The second kappa shape index (κ2) is 6.46. The van der Waals surface area contributed by atoms with Crippen LogP contribution in [0.5, 0.6) is 0 Å². The topological polar surface area (TPSA) is 32.5 Å². The Morgan fingerprint density at radius 3 is 2.40 bits per heavy atom. The van der Waals surface area contributed by atoms with Gasteiger partial charge in [-0.05, 0) is 45.9 Å². The summed E-state index contributed by atoms with van der Waals surface area (Å²) in [4.78, 5) is 4.99. The monoisotopic (exact) mass is 213 g/mol. The van der Waals surface area contributed by atoms with E-state index in [2.05, 4.69) is 30.7 Å². The van der Waals surface area contributed by atoms with Crippen molar-refractivity contribution in [2.75, 3.05) is 33.2 Å². The molecule has 1 unspecified atom stereocenters. The quantitative estimate of drug-likeness (QED) is 0.743. The molecule has 0 radical (unpaired) electrons. The van der Waals surface area contributed by atoms with Crippen molar-refractivity contribution in [2.45, 2.75) is 45.2 Å². The molecule has 3 nitrogen and oxygen atoms in total. The van der Waals surface area contributed by atoms with Crippen molar-refractivity contribution in [3.63, 3.8) is 0 Å². The third kappa shape index (κ3) is 4.09. The van der Waals surface area contributed by atoms with Gasteiger partial charge in [0.15, 0.2) is 0 Å². The minimum absolute atomic E-state index is 0.346. The number of likely N-dealkylation sites (tertiary alicyclic amines) is 1. The van der Waals surface area contributed by atoms with Crippen LogP contribution in [0.15, 0.2) is 0 Å². The molecular formula is C12H27N3. The molecule has 1 rings (SSSR count). The van der Waals surface area contributed by atoms with Crippen LogP contribution in [0.1, 0.15) is 33.1 Å². The average molecular weight is 213 g/mol. The summed E-state index contributed by atoms with van der Waals surface area (Å²) >= 11 is 0. The van der Waals surface area contributed by atoms with E-state index in [0.29, 0.717) is 6.04 Å². The lowest BCUT2D eigenvalue weighted by Gasteiger charge is -2.37. The van der Waals surface area contributed by atoms with Crippen LogP contribution >= 0.6 is 0 Å². The van der Waals surface area contributed by atoms with Gasteiger partial charge in [0.25, 0.3) is 0 Å². The molecule has 1 atom stereocenters. The Labute approximate surface area is 94.6 Å². The van der Waals surface area contributed by atoms with Crippen molar-refractivity contribution in [3.05, 3.63) is 0 Å². The lowest BCUT2D eigenvalue weighted by molar-refractivity contribution is 0.126. The van der Waals surface area contributed by atoms with Crippen molar-refractivity contribution >= 4 is 0 Å². The molecule has 0 aliphatic carbocycles. The largest absolute Gasteiger partial charge is 0.327 e. The van der Waals surface area contributed by atoms with E-state index in [1.165, 1.54) is 32.5 Å². The Hall–Kier alpha value is -0.120. The number of hydrogen-bond donors (Lipinski definition) is 1. The van der Waals surface area contributed by atoms with Crippen molar-refractivity contribution in [2.24, 2.45) is 5.73 Å². The van der Waals surface area contributed by atoms with Crippen molar-refractivity contribution in [1.29, 1.82) is 0 Å². The van der Waals surface area contributed by atoms with Crippen LogP contribution in [0.4, 0.5) is 0 Å². The summed E-state index contributed by atoms with van der Waals surface area (Å²) in [6, 6.07) is 1.10. The molecule has 0 aromatic heterocycles. The number of piperidine rings is 1. The number of hydrogen-bond acceptors (Lipinski definition) is 3. The van der Waals surface area contributed by atoms with Crippen LogP contribution in [0.3, 0.4) is 0 Å². The molecule has 1 fully saturated rings. The molecule has 90 valence electrons.